The third-order valence-electron chi connectivity index (χ3n) is 4.79. The molecule has 25 heavy (non-hydrogen) atoms. The summed E-state index contributed by atoms with van der Waals surface area (Å²) in [5.74, 6) is 0.666. The first kappa shape index (κ1) is 15.6. The molecular formula is C21H20N2O2. The molecule has 2 heterocycles. The molecule has 2 aromatic carbocycles. The zero-order valence-electron chi connectivity index (χ0n) is 14.8. The van der Waals surface area contributed by atoms with E-state index in [1.54, 1.807) is 7.11 Å². The van der Waals surface area contributed by atoms with Gasteiger partial charge in [-0.05, 0) is 38.5 Å². The lowest BCUT2D eigenvalue weighted by Crippen LogP contribution is -2.47. The van der Waals surface area contributed by atoms with E-state index in [0.717, 1.165) is 22.6 Å². The second-order valence-electron chi connectivity index (χ2n) is 6.99. The third kappa shape index (κ3) is 2.29. The first-order chi connectivity index (χ1) is 11.9. The molecule has 2 aliphatic rings. The van der Waals surface area contributed by atoms with Crippen LogP contribution in [0.15, 0.2) is 53.5 Å². The van der Waals surface area contributed by atoms with Crippen LogP contribution in [0.4, 0.5) is 11.4 Å². The van der Waals surface area contributed by atoms with Crippen molar-refractivity contribution in [3.63, 3.8) is 0 Å². The van der Waals surface area contributed by atoms with Crippen LogP contribution in [0.2, 0.25) is 0 Å². The molecule has 0 unspecified atom stereocenters. The Morgan fingerprint density at radius 3 is 2.56 bits per heavy atom. The predicted molar refractivity (Wildman–Crippen MR) is 101 cm³/mol. The summed E-state index contributed by atoms with van der Waals surface area (Å²) in [6.07, 6.45) is 2.14. The number of benzene rings is 2. The lowest BCUT2D eigenvalue weighted by molar-refractivity contribution is -0.112. The van der Waals surface area contributed by atoms with Gasteiger partial charge in [-0.3, -0.25) is 9.69 Å². The Hall–Kier alpha value is -2.88. The van der Waals surface area contributed by atoms with E-state index in [-0.39, 0.29) is 11.4 Å². The van der Waals surface area contributed by atoms with E-state index in [0.29, 0.717) is 11.4 Å². The summed E-state index contributed by atoms with van der Waals surface area (Å²) in [4.78, 5) is 19.7. The number of para-hydroxylation sites is 1. The van der Waals surface area contributed by atoms with Gasteiger partial charge in [0.25, 0.3) is 5.91 Å². The lowest BCUT2D eigenvalue weighted by atomic mass is 9.89. The minimum atomic E-state index is -0.379. The maximum atomic E-state index is 13.2. The molecule has 0 bridgehead atoms. The van der Waals surface area contributed by atoms with Crippen molar-refractivity contribution in [2.24, 2.45) is 4.99 Å². The van der Waals surface area contributed by atoms with Crippen LogP contribution in [0.3, 0.4) is 0 Å². The number of rotatable bonds is 2. The standard InChI is InChI=1S/C21H20N2O2/c1-13-12-21(2,3)23-19-16(13)9-6-10-17(19)18(20(23)24)22-14-7-5-8-15(11-14)25-4/h5-12H,1-4H3. The van der Waals surface area contributed by atoms with Gasteiger partial charge >= 0.3 is 0 Å². The molecule has 2 aromatic rings. The summed E-state index contributed by atoms with van der Waals surface area (Å²) < 4.78 is 5.26. The first-order valence-corrected chi connectivity index (χ1v) is 8.33. The number of hydrogen-bond donors (Lipinski definition) is 0. The van der Waals surface area contributed by atoms with E-state index in [1.165, 1.54) is 5.57 Å². The van der Waals surface area contributed by atoms with E-state index >= 15 is 0 Å². The van der Waals surface area contributed by atoms with Gasteiger partial charge in [0.2, 0.25) is 0 Å². The second-order valence-corrected chi connectivity index (χ2v) is 6.99. The molecule has 0 atom stereocenters. The van der Waals surface area contributed by atoms with Crippen molar-refractivity contribution in [3.8, 4) is 5.75 Å². The maximum Gasteiger partial charge on any atom is 0.278 e. The minimum Gasteiger partial charge on any atom is -0.497 e. The van der Waals surface area contributed by atoms with Crippen molar-refractivity contribution < 1.29 is 9.53 Å². The Kier molecular flexibility index (Phi) is 3.32. The summed E-state index contributed by atoms with van der Waals surface area (Å²) >= 11 is 0. The number of nitrogens with zero attached hydrogens (tertiary/aromatic N) is 2. The van der Waals surface area contributed by atoms with Crippen LogP contribution in [0.25, 0.3) is 5.57 Å². The maximum absolute atomic E-state index is 13.2. The molecule has 126 valence electrons. The van der Waals surface area contributed by atoms with Crippen LogP contribution < -0.4 is 9.64 Å². The van der Waals surface area contributed by atoms with Gasteiger partial charge in [0, 0.05) is 17.2 Å². The minimum absolute atomic E-state index is 0.0565. The molecule has 0 aliphatic carbocycles. The van der Waals surface area contributed by atoms with Crippen molar-refractivity contribution in [2.45, 2.75) is 26.3 Å². The van der Waals surface area contributed by atoms with Gasteiger partial charge < -0.3 is 4.74 Å². The highest BCUT2D eigenvalue weighted by Crippen LogP contribution is 2.45. The Bertz CT molecular complexity index is 954. The summed E-state index contributed by atoms with van der Waals surface area (Å²) in [6, 6.07) is 13.5. The zero-order chi connectivity index (χ0) is 17.8. The quantitative estimate of drug-likeness (QED) is 0.820. The van der Waals surface area contributed by atoms with E-state index in [1.807, 2.05) is 41.3 Å². The second kappa shape index (κ2) is 5.31. The molecule has 4 nitrogen and oxygen atoms in total. The number of carbonyl (C=O) groups is 1. The number of methoxy groups -OCH3 is 1. The van der Waals surface area contributed by atoms with Crippen molar-refractivity contribution in [3.05, 3.63) is 59.7 Å². The SMILES string of the molecule is COc1cccc(N=C2C(=O)N3c4c(cccc42)C(C)=CC3(C)C)c1. The molecule has 2 aliphatic heterocycles. The van der Waals surface area contributed by atoms with Crippen molar-refractivity contribution >= 4 is 28.6 Å². The Morgan fingerprint density at radius 2 is 1.80 bits per heavy atom. The predicted octanol–water partition coefficient (Wildman–Crippen LogP) is 4.36. The first-order valence-electron chi connectivity index (χ1n) is 8.33. The summed E-state index contributed by atoms with van der Waals surface area (Å²) in [6.45, 7) is 6.21. The monoisotopic (exact) mass is 332 g/mol. The van der Waals surface area contributed by atoms with E-state index in [2.05, 4.69) is 37.9 Å². The highest BCUT2D eigenvalue weighted by molar-refractivity contribution is 6.55. The number of carbonyl (C=O) groups excluding carboxylic acids is 1. The fourth-order valence-corrected chi connectivity index (χ4v) is 3.76. The summed E-state index contributed by atoms with van der Waals surface area (Å²) in [7, 11) is 1.62. The van der Waals surface area contributed by atoms with Gasteiger partial charge in [0.05, 0.1) is 24.0 Å². The Morgan fingerprint density at radius 1 is 1.08 bits per heavy atom. The highest BCUT2D eigenvalue weighted by atomic mass is 16.5. The van der Waals surface area contributed by atoms with Gasteiger partial charge in [0.15, 0.2) is 0 Å². The number of ether oxygens (including phenoxy) is 1. The van der Waals surface area contributed by atoms with Gasteiger partial charge in [-0.2, -0.15) is 0 Å². The zero-order valence-corrected chi connectivity index (χ0v) is 14.8. The van der Waals surface area contributed by atoms with Gasteiger partial charge in [-0.25, -0.2) is 4.99 Å². The largest absolute Gasteiger partial charge is 0.497 e. The fourth-order valence-electron chi connectivity index (χ4n) is 3.76. The van der Waals surface area contributed by atoms with Gasteiger partial charge in [-0.1, -0.05) is 30.3 Å². The van der Waals surface area contributed by atoms with E-state index in [4.69, 9.17) is 4.74 Å². The van der Waals surface area contributed by atoms with Crippen molar-refractivity contribution in [1.82, 2.24) is 0 Å². The molecule has 4 heteroatoms. The average molecular weight is 332 g/mol. The van der Waals surface area contributed by atoms with E-state index < -0.39 is 0 Å². The van der Waals surface area contributed by atoms with Crippen LogP contribution in [0, 0.1) is 0 Å². The van der Waals surface area contributed by atoms with Crippen LogP contribution in [-0.2, 0) is 4.79 Å². The topological polar surface area (TPSA) is 41.9 Å². The number of aliphatic imine (C=N–C) groups is 1. The third-order valence-corrected chi connectivity index (χ3v) is 4.79. The molecule has 4 rings (SSSR count). The normalized spacial score (nSPS) is 19.0. The molecular weight excluding hydrogens is 312 g/mol. The fraction of sp³-hybridized carbons (Fsp3) is 0.238. The van der Waals surface area contributed by atoms with E-state index in [9.17, 15) is 4.79 Å². The molecule has 0 fully saturated rings. The Balaban J connectivity index is 1.92. The number of hydrogen-bond acceptors (Lipinski definition) is 3. The number of anilines is 1. The summed E-state index contributed by atoms with van der Waals surface area (Å²) in [5.41, 5.74) is 4.97. The van der Waals surface area contributed by atoms with Crippen LogP contribution in [0.1, 0.15) is 31.9 Å². The molecule has 0 N–H and O–H groups in total. The molecule has 0 saturated heterocycles. The van der Waals surface area contributed by atoms with Crippen LogP contribution in [0.5, 0.6) is 5.75 Å². The van der Waals surface area contributed by atoms with Crippen molar-refractivity contribution in [2.75, 3.05) is 12.0 Å². The lowest BCUT2D eigenvalue weighted by Gasteiger charge is -2.38. The number of allylic oxidation sites excluding steroid dienone is 1. The Labute approximate surface area is 147 Å². The molecule has 0 radical (unpaired) electrons. The molecule has 0 aromatic heterocycles. The summed E-state index contributed by atoms with van der Waals surface area (Å²) in [5, 5.41) is 0. The highest BCUT2D eigenvalue weighted by Gasteiger charge is 2.45. The number of amides is 1. The van der Waals surface area contributed by atoms with Gasteiger partial charge in [-0.15, -0.1) is 0 Å². The molecule has 1 amide bonds. The van der Waals surface area contributed by atoms with Gasteiger partial charge in [0.1, 0.15) is 11.5 Å². The average Bonchev–Trinajstić information content (AvgIpc) is 2.86. The smallest absolute Gasteiger partial charge is 0.278 e. The van der Waals surface area contributed by atoms with Crippen molar-refractivity contribution in [1.29, 1.82) is 0 Å². The van der Waals surface area contributed by atoms with Crippen LogP contribution in [-0.4, -0.2) is 24.3 Å². The molecule has 0 spiro atoms. The molecule has 0 saturated carbocycles. The van der Waals surface area contributed by atoms with Crippen LogP contribution >= 0.6 is 0 Å².